The smallest absolute Gasteiger partial charge is 0.304 e. The number of anilines is 1. The maximum absolute atomic E-state index is 11.4. The minimum absolute atomic E-state index is 0.0463. The molecule has 0 radical (unpaired) electrons. The molecule has 1 aromatic heterocycles. The Morgan fingerprint density at radius 1 is 1.70 bits per heavy atom. The molecule has 0 aromatic carbocycles. The normalized spacial score (nSPS) is 22.9. The molecule has 1 aliphatic rings. The molecular weight excluding hydrogens is 284 g/mol. The molecular formula is C12H16N2O5S. The van der Waals surface area contributed by atoms with Crippen LogP contribution in [0.3, 0.4) is 0 Å². The summed E-state index contributed by atoms with van der Waals surface area (Å²) >= 11 is 1.12. The molecule has 7 nitrogen and oxygen atoms in total. The van der Waals surface area contributed by atoms with E-state index in [1.165, 1.54) is 13.0 Å². The molecule has 2 atom stereocenters. The van der Waals surface area contributed by atoms with Gasteiger partial charge in [-0.05, 0) is 13.8 Å². The Labute approximate surface area is 119 Å². The Morgan fingerprint density at radius 3 is 2.95 bits per heavy atom. The summed E-state index contributed by atoms with van der Waals surface area (Å²) in [5.74, 6) is -0.191. The van der Waals surface area contributed by atoms with Gasteiger partial charge in [0.2, 0.25) is 0 Å². The Hall–Kier alpha value is -1.51. The molecule has 0 bridgehead atoms. The highest BCUT2D eigenvalue weighted by molar-refractivity contribution is 7.18. The third-order valence-corrected chi connectivity index (χ3v) is 4.47. The van der Waals surface area contributed by atoms with Crippen LogP contribution in [0.5, 0.6) is 0 Å². The monoisotopic (exact) mass is 300 g/mol. The van der Waals surface area contributed by atoms with Crippen molar-refractivity contribution in [3.63, 3.8) is 0 Å². The van der Waals surface area contributed by atoms with E-state index in [2.05, 4.69) is 0 Å². The van der Waals surface area contributed by atoms with Gasteiger partial charge in [0.1, 0.15) is 0 Å². The van der Waals surface area contributed by atoms with Gasteiger partial charge >= 0.3 is 5.69 Å². The molecule has 2 heterocycles. The van der Waals surface area contributed by atoms with E-state index >= 15 is 0 Å². The number of nitrogens with zero attached hydrogens (tertiary/aromatic N) is 2. The molecule has 2 unspecified atom stereocenters. The molecule has 0 amide bonds. The highest BCUT2D eigenvalue weighted by Gasteiger charge is 2.32. The largest absolute Gasteiger partial charge is 0.394 e. The summed E-state index contributed by atoms with van der Waals surface area (Å²) in [4.78, 5) is 24.3. The first-order valence-corrected chi connectivity index (χ1v) is 7.04. The lowest BCUT2D eigenvalue weighted by Gasteiger charge is -2.37. The number of hydrogen-bond donors (Lipinski definition) is 1. The summed E-state index contributed by atoms with van der Waals surface area (Å²) in [5, 5.41) is 20.8. The van der Waals surface area contributed by atoms with Crippen LogP contribution in [0, 0.1) is 10.1 Å². The first kappa shape index (κ1) is 14.9. The first-order valence-electron chi connectivity index (χ1n) is 6.22. The number of carbonyl (C=O) groups is 1. The lowest BCUT2D eigenvalue weighted by Crippen LogP contribution is -2.49. The standard InChI is InChI=1S/C12H16N2O5S/c1-7-6-19-9(5-15)4-13(7)12-10(14(17)18)3-11(20-12)8(2)16/h3,7,9,15H,4-6H2,1-2H3. The Balaban J connectivity index is 2.38. The van der Waals surface area contributed by atoms with Crippen molar-refractivity contribution in [1.82, 2.24) is 0 Å². The van der Waals surface area contributed by atoms with Crippen molar-refractivity contribution in [3.8, 4) is 0 Å². The zero-order valence-corrected chi connectivity index (χ0v) is 12.1. The Bertz CT molecular complexity index is 530. The highest BCUT2D eigenvalue weighted by atomic mass is 32.1. The van der Waals surface area contributed by atoms with Crippen LogP contribution in [0.15, 0.2) is 6.07 Å². The van der Waals surface area contributed by atoms with Crippen LogP contribution in [0.25, 0.3) is 0 Å². The predicted octanol–water partition coefficient (Wildman–Crippen LogP) is 1.44. The molecule has 8 heteroatoms. The van der Waals surface area contributed by atoms with Crippen LogP contribution in [0.1, 0.15) is 23.5 Å². The van der Waals surface area contributed by atoms with Crippen molar-refractivity contribution in [3.05, 3.63) is 21.1 Å². The van der Waals surface area contributed by atoms with Crippen molar-refractivity contribution >= 4 is 27.8 Å². The van der Waals surface area contributed by atoms with Crippen LogP contribution in [-0.2, 0) is 4.74 Å². The molecule has 1 aliphatic heterocycles. The molecule has 110 valence electrons. The number of rotatable bonds is 4. The van der Waals surface area contributed by atoms with Crippen molar-refractivity contribution in [2.24, 2.45) is 0 Å². The average molecular weight is 300 g/mol. The van der Waals surface area contributed by atoms with Crippen LogP contribution in [0.4, 0.5) is 10.7 Å². The number of carbonyl (C=O) groups excluding carboxylic acids is 1. The lowest BCUT2D eigenvalue weighted by molar-refractivity contribution is -0.383. The molecule has 0 saturated carbocycles. The van der Waals surface area contributed by atoms with Crippen molar-refractivity contribution in [2.75, 3.05) is 24.7 Å². The molecule has 1 fully saturated rings. The van der Waals surface area contributed by atoms with Gasteiger partial charge in [0, 0.05) is 12.6 Å². The van der Waals surface area contributed by atoms with Crippen molar-refractivity contribution in [2.45, 2.75) is 26.0 Å². The highest BCUT2D eigenvalue weighted by Crippen LogP contribution is 2.39. The summed E-state index contributed by atoms with van der Waals surface area (Å²) in [6.45, 7) is 3.90. The van der Waals surface area contributed by atoms with Gasteiger partial charge in [0.25, 0.3) is 0 Å². The SMILES string of the molecule is CC(=O)c1cc([N+](=O)[O-])c(N2CC(CO)OCC2C)s1. The fourth-order valence-electron chi connectivity index (χ4n) is 2.09. The van der Waals surface area contributed by atoms with Crippen molar-refractivity contribution < 1.29 is 19.6 Å². The van der Waals surface area contributed by atoms with Gasteiger partial charge in [0.05, 0.1) is 35.2 Å². The van der Waals surface area contributed by atoms with Gasteiger partial charge in [0.15, 0.2) is 10.8 Å². The number of aliphatic hydroxyl groups is 1. The fraction of sp³-hybridized carbons (Fsp3) is 0.583. The van der Waals surface area contributed by atoms with Crippen LogP contribution >= 0.6 is 11.3 Å². The fourth-order valence-corrected chi connectivity index (χ4v) is 3.23. The topological polar surface area (TPSA) is 92.9 Å². The van der Waals surface area contributed by atoms with Crippen LogP contribution in [0.2, 0.25) is 0 Å². The molecule has 1 N–H and O–H groups in total. The summed E-state index contributed by atoms with van der Waals surface area (Å²) in [6.07, 6.45) is -0.367. The third-order valence-electron chi connectivity index (χ3n) is 3.21. The summed E-state index contributed by atoms with van der Waals surface area (Å²) in [5.41, 5.74) is -0.0642. The number of ketones is 1. The van der Waals surface area contributed by atoms with E-state index < -0.39 is 4.92 Å². The Kier molecular flexibility index (Phi) is 4.36. The van der Waals surface area contributed by atoms with Gasteiger partial charge in [-0.2, -0.15) is 0 Å². The van der Waals surface area contributed by atoms with Gasteiger partial charge < -0.3 is 14.7 Å². The van der Waals surface area contributed by atoms with Gasteiger partial charge in [-0.3, -0.25) is 14.9 Å². The number of aliphatic hydroxyl groups excluding tert-OH is 1. The maximum atomic E-state index is 11.4. The zero-order valence-electron chi connectivity index (χ0n) is 11.2. The zero-order chi connectivity index (χ0) is 14.9. The van der Waals surface area contributed by atoms with E-state index in [0.717, 1.165) is 11.3 Å². The van der Waals surface area contributed by atoms with E-state index in [9.17, 15) is 20.0 Å². The van der Waals surface area contributed by atoms with Gasteiger partial charge in [-0.25, -0.2) is 0 Å². The van der Waals surface area contributed by atoms with Crippen molar-refractivity contribution in [1.29, 1.82) is 0 Å². The maximum Gasteiger partial charge on any atom is 0.304 e. The second-order valence-electron chi connectivity index (χ2n) is 4.75. The molecule has 20 heavy (non-hydrogen) atoms. The van der Waals surface area contributed by atoms with E-state index in [4.69, 9.17) is 4.74 Å². The van der Waals surface area contributed by atoms with Gasteiger partial charge in [-0.15, -0.1) is 11.3 Å². The molecule has 1 aromatic rings. The number of morpholine rings is 1. The van der Waals surface area contributed by atoms with E-state index in [1.807, 2.05) is 11.8 Å². The molecule has 2 rings (SSSR count). The molecule has 0 spiro atoms. The van der Waals surface area contributed by atoms with Crippen LogP contribution in [-0.4, -0.2) is 47.7 Å². The number of nitro groups is 1. The second-order valence-corrected chi connectivity index (χ2v) is 5.78. The Morgan fingerprint density at radius 2 is 2.40 bits per heavy atom. The summed E-state index contributed by atoms with van der Waals surface area (Å²) < 4.78 is 5.42. The third kappa shape index (κ3) is 2.82. The summed E-state index contributed by atoms with van der Waals surface area (Å²) in [6, 6.07) is 1.27. The minimum Gasteiger partial charge on any atom is -0.394 e. The van der Waals surface area contributed by atoms with E-state index in [-0.39, 0.29) is 30.2 Å². The van der Waals surface area contributed by atoms with Crippen LogP contribution < -0.4 is 4.90 Å². The molecule has 0 aliphatic carbocycles. The second kappa shape index (κ2) is 5.86. The first-order chi connectivity index (χ1) is 9.43. The van der Waals surface area contributed by atoms with Gasteiger partial charge in [-0.1, -0.05) is 0 Å². The number of ether oxygens (including phenoxy) is 1. The van der Waals surface area contributed by atoms with E-state index in [1.54, 1.807) is 0 Å². The number of Topliss-reactive ketones (excluding diaryl/α,β-unsaturated/α-hetero) is 1. The quantitative estimate of drug-likeness (QED) is 0.514. The number of thiophene rings is 1. The average Bonchev–Trinajstić information content (AvgIpc) is 2.84. The lowest BCUT2D eigenvalue weighted by atomic mass is 10.2. The summed E-state index contributed by atoms with van der Waals surface area (Å²) in [7, 11) is 0. The van der Waals surface area contributed by atoms with E-state index in [0.29, 0.717) is 23.0 Å². The predicted molar refractivity (Wildman–Crippen MR) is 74.6 cm³/mol. The number of hydrogen-bond acceptors (Lipinski definition) is 7. The minimum atomic E-state index is -0.478. The molecule has 1 saturated heterocycles.